The van der Waals surface area contributed by atoms with Crippen molar-refractivity contribution in [2.75, 3.05) is 44.7 Å². The summed E-state index contributed by atoms with van der Waals surface area (Å²) < 4.78 is 4.55. The molecule has 0 spiro atoms. The van der Waals surface area contributed by atoms with E-state index in [1.807, 2.05) is 20.8 Å². The van der Waals surface area contributed by atoms with Crippen LogP contribution in [0.4, 0.5) is 5.69 Å². The lowest BCUT2D eigenvalue weighted by Gasteiger charge is -2.34. The first-order chi connectivity index (χ1) is 11.0. The van der Waals surface area contributed by atoms with Gasteiger partial charge in [0.25, 0.3) is 0 Å². The van der Waals surface area contributed by atoms with E-state index < -0.39 is 0 Å². The van der Waals surface area contributed by atoms with Gasteiger partial charge < -0.3 is 14.5 Å². The van der Waals surface area contributed by atoms with Gasteiger partial charge in [-0.15, -0.1) is 0 Å². The number of rotatable bonds is 3. The third-order valence-electron chi connectivity index (χ3n) is 3.41. The summed E-state index contributed by atoms with van der Waals surface area (Å²) in [6.45, 7) is 14.7. The molecule has 0 aliphatic carbocycles. The number of piperazine rings is 1. The summed E-state index contributed by atoms with van der Waals surface area (Å²) >= 11 is 0. The molecule has 0 unspecified atom stereocenters. The van der Waals surface area contributed by atoms with Gasteiger partial charge in [0.15, 0.2) is 0 Å². The molecule has 1 aliphatic rings. The number of hydrogen-bond acceptors (Lipinski definition) is 4. The topological polar surface area (TPSA) is 32.8 Å². The SMILES string of the molecule is CC.CCCOC(C)=O.Cc1ccc(N2CCN(C)CC2)cc1. The van der Waals surface area contributed by atoms with Gasteiger partial charge in [-0.3, -0.25) is 4.79 Å². The number of aryl methyl sites for hydroxylation is 1. The van der Waals surface area contributed by atoms with Gasteiger partial charge in [-0.05, 0) is 32.5 Å². The van der Waals surface area contributed by atoms with Crippen molar-refractivity contribution in [3.8, 4) is 0 Å². The van der Waals surface area contributed by atoms with Crippen molar-refractivity contribution in [2.24, 2.45) is 0 Å². The smallest absolute Gasteiger partial charge is 0.302 e. The largest absolute Gasteiger partial charge is 0.466 e. The van der Waals surface area contributed by atoms with E-state index in [1.165, 1.54) is 31.3 Å². The molecule has 0 N–H and O–H groups in total. The molecule has 4 heteroatoms. The number of carbonyl (C=O) groups excluding carboxylic acids is 1. The van der Waals surface area contributed by atoms with Gasteiger partial charge in [-0.2, -0.15) is 0 Å². The molecule has 0 bridgehead atoms. The van der Waals surface area contributed by atoms with Crippen LogP contribution in [0.3, 0.4) is 0 Å². The second-order valence-electron chi connectivity index (χ2n) is 5.47. The van der Waals surface area contributed by atoms with Gasteiger partial charge in [-0.1, -0.05) is 38.5 Å². The molecule has 0 amide bonds. The van der Waals surface area contributed by atoms with Crippen molar-refractivity contribution >= 4 is 11.7 Å². The Morgan fingerprint density at radius 3 is 2.00 bits per heavy atom. The maximum Gasteiger partial charge on any atom is 0.302 e. The normalized spacial score (nSPS) is 14.1. The van der Waals surface area contributed by atoms with Crippen LogP contribution in [0, 0.1) is 6.92 Å². The molecule has 1 saturated heterocycles. The number of hydrogen-bond donors (Lipinski definition) is 0. The number of anilines is 1. The number of nitrogens with zero attached hydrogens (tertiary/aromatic N) is 2. The van der Waals surface area contributed by atoms with Crippen molar-refractivity contribution in [3.05, 3.63) is 29.8 Å². The lowest BCUT2D eigenvalue weighted by atomic mass is 10.2. The average Bonchev–Trinajstić information content (AvgIpc) is 2.57. The van der Waals surface area contributed by atoms with E-state index in [0.29, 0.717) is 6.61 Å². The molecule has 4 nitrogen and oxygen atoms in total. The second-order valence-corrected chi connectivity index (χ2v) is 5.47. The minimum atomic E-state index is -0.193. The van der Waals surface area contributed by atoms with Crippen molar-refractivity contribution in [1.29, 1.82) is 0 Å². The number of esters is 1. The second kappa shape index (κ2) is 12.9. The molecule has 132 valence electrons. The van der Waals surface area contributed by atoms with Crippen LogP contribution in [0.1, 0.15) is 39.7 Å². The maximum atomic E-state index is 9.98. The third kappa shape index (κ3) is 9.95. The predicted octanol–water partition coefficient (Wildman–Crippen LogP) is 3.73. The highest BCUT2D eigenvalue weighted by atomic mass is 16.5. The summed E-state index contributed by atoms with van der Waals surface area (Å²) in [7, 11) is 2.19. The van der Waals surface area contributed by atoms with Crippen LogP contribution < -0.4 is 4.90 Å². The zero-order valence-electron chi connectivity index (χ0n) is 15.8. The Balaban J connectivity index is 0.000000460. The molecule has 0 saturated carbocycles. The Kier molecular flexibility index (Phi) is 12.1. The van der Waals surface area contributed by atoms with Crippen LogP contribution in [0.2, 0.25) is 0 Å². The molecule has 1 aromatic carbocycles. The van der Waals surface area contributed by atoms with Crippen molar-refractivity contribution in [2.45, 2.75) is 41.0 Å². The van der Waals surface area contributed by atoms with Gasteiger partial charge in [0.05, 0.1) is 6.61 Å². The molecular formula is C19H34N2O2. The summed E-state index contributed by atoms with van der Waals surface area (Å²) in [6.07, 6.45) is 0.902. The minimum Gasteiger partial charge on any atom is -0.466 e. The molecule has 1 aromatic rings. The van der Waals surface area contributed by atoms with Crippen LogP contribution in [-0.4, -0.2) is 50.7 Å². The van der Waals surface area contributed by atoms with Crippen LogP contribution in [0.15, 0.2) is 24.3 Å². The molecule has 0 radical (unpaired) electrons. The van der Waals surface area contributed by atoms with E-state index >= 15 is 0 Å². The van der Waals surface area contributed by atoms with Crippen molar-refractivity contribution in [3.63, 3.8) is 0 Å². The van der Waals surface area contributed by atoms with E-state index in [0.717, 1.165) is 19.5 Å². The fourth-order valence-electron chi connectivity index (χ4n) is 2.07. The van der Waals surface area contributed by atoms with Crippen LogP contribution >= 0.6 is 0 Å². The fourth-order valence-corrected chi connectivity index (χ4v) is 2.07. The van der Waals surface area contributed by atoms with Gasteiger partial charge >= 0.3 is 5.97 Å². The summed E-state index contributed by atoms with van der Waals surface area (Å²) in [5.74, 6) is -0.193. The van der Waals surface area contributed by atoms with Gasteiger partial charge in [0.1, 0.15) is 0 Å². The van der Waals surface area contributed by atoms with E-state index in [1.54, 1.807) is 0 Å². The molecule has 1 heterocycles. The summed E-state index contributed by atoms with van der Waals surface area (Å²) in [6, 6.07) is 8.82. The Morgan fingerprint density at radius 2 is 1.61 bits per heavy atom. The highest BCUT2D eigenvalue weighted by Gasteiger charge is 2.13. The Bertz CT molecular complexity index is 410. The lowest BCUT2D eigenvalue weighted by Crippen LogP contribution is -2.44. The number of likely N-dealkylation sites (N-methyl/N-ethyl adjacent to an activating group) is 1. The van der Waals surface area contributed by atoms with Crippen molar-refractivity contribution in [1.82, 2.24) is 4.90 Å². The monoisotopic (exact) mass is 322 g/mol. The molecule has 23 heavy (non-hydrogen) atoms. The predicted molar refractivity (Wildman–Crippen MR) is 99.2 cm³/mol. The Labute approximate surface area is 142 Å². The van der Waals surface area contributed by atoms with E-state index in [9.17, 15) is 4.79 Å². The third-order valence-corrected chi connectivity index (χ3v) is 3.41. The highest BCUT2D eigenvalue weighted by Crippen LogP contribution is 2.16. The number of ether oxygens (including phenoxy) is 1. The van der Waals surface area contributed by atoms with E-state index in [4.69, 9.17) is 0 Å². The van der Waals surface area contributed by atoms with E-state index in [-0.39, 0.29) is 5.97 Å². The lowest BCUT2D eigenvalue weighted by molar-refractivity contribution is -0.140. The minimum absolute atomic E-state index is 0.193. The van der Waals surface area contributed by atoms with Crippen LogP contribution in [0.5, 0.6) is 0 Å². The van der Waals surface area contributed by atoms with Crippen LogP contribution in [-0.2, 0) is 9.53 Å². The summed E-state index contributed by atoms with van der Waals surface area (Å²) in [5.41, 5.74) is 2.70. The molecule has 0 aromatic heterocycles. The number of carbonyl (C=O) groups is 1. The van der Waals surface area contributed by atoms with Crippen molar-refractivity contribution < 1.29 is 9.53 Å². The Hall–Kier alpha value is -1.55. The average molecular weight is 322 g/mol. The molecule has 1 aliphatic heterocycles. The van der Waals surface area contributed by atoms with E-state index in [2.05, 4.69) is 52.8 Å². The number of benzene rings is 1. The van der Waals surface area contributed by atoms with Gasteiger partial charge in [0.2, 0.25) is 0 Å². The van der Waals surface area contributed by atoms with Gasteiger partial charge in [0, 0.05) is 38.8 Å². The zero-order chi connectivity index (χ0) is 17.7. The molecular weight excluding hydrogens is 288 g/mol. The first-order valence-corrected chi connectivity index (χ1v) is 8.66. The maximum absolute atomic E-state index is 9.98. The first kappa shape index (κ1) is 21.4. The molecule has 2 rings (SSSR count). The zero-order valence-corrected chi connectivity index (χ0v) is 15.8. The fraction of sp³-hybridized carbons (Fsp3) is 0.632. The highest BCUT2D eigenvalue weighted by molar-refractivity contribution is 5.65. The van der Waals surface area contributed by atoms with Gasteiger partial charge in [-0.25, -0.2) is 0 Å². The standard InChI is InChI=1S/C12H18N2.C5H10O2.C2H6/c1-11-3-5-12(6-4-11)14-9-7-13(2)8-10-14;1-3-4-7-5(2)6;1-2/h3-6H,7-10H2,1-2H3;3-4H2,1-2H3;1-2H3. The van der Waals surface area contributed by atoms with Crippen LogP contribution in [0.25, 0.3) is 0 Å². The summed E-state index contributed by atoms with van der Waals surface area (Å²) in [4.78, 5) is 14.8. The quantitative estimate of drug-likeness (QED) is 0.794. The summed E-state index contributed by atoms with van der Waals surface area (Å²) in [5, 5.41) is 0. The Morgan fingerprint density at radius 1 is 1.09 bits per heavy atom. The molecule has 1 fully saturated rings. The molecule has 0 atom stereocenters. The first-order valence-electron chi connectivity index (χ1n) is 8.66.